The molecule has 0 aliphatic carbocycles. The summed E-state index contributed by atoms with van der Waals surface area (Å²) in [5, 5.41) is 0. The molecule has 1 fully saturated rings. The first-order valence-corrected chi connectivity index (χ1v) is 12.0. The van der Waals surface area contributed by atoms with Gasteiger partial charge < -0.3 is 14.5 Å². The van der Waals surface area contributed by atoms with Gasteiger partial charge in [-0.05, 0) is 44.5 Å². The van der Waals surface area contributed by atoms with Crippen LogP contribution in [-0.4, -0.2) is 56.9 Å². The lowest BCUT2D eigenvalue weighted by Gasteiger charge is -2.28. The van der Waals surface area contributed by atoms with E-state index < -0.39 is 23.9 Å². The van der Waals surface area contributed by atoms with Crippen LogP contribution >= 0.6 is 0 Å². The SMILES string of the molecule is CC(C)(C)OC(=O)N1C[C@@H](F)C[C@H]1COc1cnccc1-c1[nH]c2cccnc2c1-c1ccccc1. The minimum Gasteiger partial charge on any atom is -0.489 e. The van der Waals surface area contributed by atoms with Gasteiger partial charge >= 0.3 is 6.09 Å². The van der Waals surface area contributed by atoms with E-state index in [9.17, 15) is 9.18 Å². The van der Waals surface area contributed by atoms with Crippen molar-refractivity contribution in [3.63, 3.8) is 0 Å². The number of fused-ring (bicyclic) bond motifs is 1. The predicted octanol–water partition coefficient (Wildman–Crippen LogP) is 6.02. The van der Waals surface area contributed by atoms with Crippen LogP contribution in [0, 0.1) is 0 Å². The van der Waals surface area contributed by atoms with Crippen molar-refractivity contribution in [2.75, 3.05) is 13.2 Å². The Morgan fingerprint density at radius 2 is 1.94 bits per heavy atom. The van der Waals surface area contributed by atoms with E-state index in [1.807, 2.05) is 48.5 Å². The van der Waals surface area contributed by atoms with Gasteiger partial charge in [0.25, 0.3) is 0 Å². The van der Waals surface area contributed by atoms with Gasteiger partial charge in [0.15, 0.2) is 0 Å². The Balaban J connectivity index is 1.46. The third kappa shape index (κ3) is 4.89. The molecule has 2 atom stereocenters. The maximum absolute atomic E-state index is 14.3. The number of hydrogen-bond acceptors (Lipinski definition) is 5. The highest BCUT2D eigenvalue weighted by molar-refractivity contribution is 6.02. The Kier molecular flexibility index (Phi) is 6.35. The van der Waals surface area contributed by atoms with E-state index in [0.717, 1.165) is 33.4 Å². The molecule has 0 spiro atoms. The molecular formula is C28H29FN4O3. The van der Waals surface area contributed by atoms with E-state index >= 15 is 0 Å². The Hall–Kier alpha value is -3.94. The Labute approximate surface area is 209 Å². The molecule has 1 aliphatic rings. The van der Waals surface area contributed by atoms with Crippen molar-refractivity contribution >= 4 is 17.1 Å². The number of halogens is 1. The lowest BCUT2D eigenvalue weighted by Crippen LogP contribution is -2.42. The van der Waals surface area contributed by atoms with Crippen LogP contribution in [0.25, 0.3) is 33.4 Å². The smallest absolute Gasteiger partial charge is 0.410 e. The second-order valence-corrected chi connectivity index (χ2v) is 9.94. The van der Waals surface area contributed by atoms with Gasteiger partial charge in [0.2, 0.25) is 0 Å². The van der Waals surface area contributed by atoms with Crippen molar-refractivity contribution in [1.29, 1.82) is 0 Å². The topological polar surface area (TPSA) is 80.3 Å². The lowest BCUT2D eigenvalue weighted by molar-refractivity contribution is 0.0181. The zero-order valence-corrected chi connectivity index (χ0v) is 20.6. The maximum atomic E-state index is 14.3. The Morgan fingerprint density at radius 3 is 2.72 bits per heavy atom. The van der Waals surface area contributed by atoms with Gasteiger partial charge in [-0.3, -0.25) is 14.9 Å². The Morgan fingerprint density at radius 1 is 1.14 bits per heavy atom. The van der Waals surface area contributed by atoms with E-state index in [4.69, 9.17) is 9.47 Å². The van der Waals surface area contributed by atoms with E-state index in [1.165, 1.54) is 4.90 Å². The summed E-state index contributed by atoms with van der Waals surface area (Å²) in [4.78, 5) is 26.5. The number of amides is 1. The van der Waals surface area contributed by atoms with Crippen molar-refractivity contribution in [3.8, 4) is 28.1 Å². The molecule has 1 saturated heterocycles. The van der Waals surface area contributed by atoms with Crippen LogP contribution in [-0.2, 0) is 4.74 Å². The van der Waals surface area contributed by atoms with Crippen molar-refractivity contribution < 1.29 is 18.7 Å². The van der Waals surface area contributed by atoms with Gasteiger partial charge in [0.1, 0.15) is 24.1 Å². The number of aromatic nitrogens is 3. The van der Waals surface area contributed by atoms with Gasteiger partial charge in [-0.1, -0.05) is 30.3 Å². The summed E-state index contributed by atoms with van der Waals surface area (Å²) in [6.07, 6.45) is 3.66. The van der Waals surface area contributed by atoms with Gasteiger partial charge in [0, 0.05) is 29.9 Å². The summed E-state index contributed by atoms with van der Waals surface area (Å²) < 4.78 is 26.0. The molecule has 36 heavy (non-hydrogen) atoms. The molecule has 0 bridgehead atoms. The number of ether oxygens (including phenoxy) is 2. The van der Waals surface area contributed by atoms with Crippen LogP contribution < -0.4 is 4.74 Å². The third-order valence-electron chi connectivity index (χ3n) is 6.09. The summed E-state index contributed by atoms with van der Waals surface area (Å²) in [5.74, 6) is 0.535. The van der Waals surface area contributed by atoms with Gasteiger partial charge in [-0.25, -0.2) is 9.18 Å². The quantitative estimate of drug-likeness (QED) is 0.372. The van der Waals surface area contributed by atoms with Crippen LogP contribution in [0.5, 0.6) is 5.75 Å². The number of nitrogens with one attached hydrogen (secondary N) is 1. The molecule has 5 rings (SSSR count). The number of nitrogens with zero attached hydrogens (tertiary/aromatic N) is 3. The second-order valence-electron chi connectivity index (χ2n) is 9.94. The number of pyridine rings is 2. The molecule has 3 aromatic heterocycles. The van der Waals surface area contributed by atoms with Crippen LogP contribution in [0.4, 0.5) is 9.18 Å². The van der Waals surface area contributed by atoms with Crippen LogP contribution in [0.15, 0.2) is 67.1 Å². The monoisotopic (exact) mass is 488 g/mol. The first-order chi connectivity index (χ1) is 17.3. The average molecular weight is 489 g/mol. The number of hydrogen-bond donors (Lipinski definition) is 1. The maximum Gasteiger partial charge on any atom is 0.410 e. The number of aromatic amines is 1. The fourth-order valence-electron chi connectivity index (χ4n) is 4.56. The zero-order valence-electron chi connectivity index (χ0n) is 20.6. The molecule has 1 amide bonds. The molecule has 186 valence electrons. The summed E-state index contributed by atoms with van der Waals surface area (Å²) in [6, 6.07) is 15.3. The number of benzene rings is 1. The number of alkyl halides is 1. The van der Waals surface area contributed by atoms with E-state index in [0.29, 0.717) is 5.75 Å². The molecule has 0 radical (unpaired) electrons. The molecule has 1 aliphatic heterocycles. The second kappa shape index (κ2) is 9.60. The lowest BCUT2D eigenvalue weighted by atomic mass is 10.0. The largest absolute Gasteiger partial charge is 0.489 e. The molecule has 8 heteroatoms. The minimum absolute atomic E-state index is 0.00528. The third-order valence-corrected chi connectivity index (χ3v) is 6.09. The summed E-state index contributed by atoms with van der Waals surface area (Å²) in [6.45, 7) is 5.49. The van der Waals surface area contributed by atoms with Gasteiger partial charge in [0.05, 0.1) is 35.5 Å². The molecule has 0 unspecified atom stereocenters. The van der Waals surface area contributed by atoms with Crippen molar-refractivity contribution in [3.05, 3.63) is 67.1 Å². The average Bonchev–Trinajstić information content (AvgIpc) is 3.43. The first-order valence-electron chi connectivity index (χ1n) is 12.0. The van der Waals surface area contributed by atoms with Gasteiger partial charge in [-0.2, -0.15) is 0 Å². The highest BCUT2D eigenvalue weighted by Crippen LogP contribution is 2.40. The summed E-state index contributed by atoms with van der Waals surface area (Å²) in [7, 11) is 0. The van der Waals surface area contributed by atoms with Crippen molar-refractivity contribution in [1.82, 2.24) is 19.9 Å². The molecule has 4 aromatic rings. The molecule has 0 saturated carbocycles. The number of rotatable bonds is 5. The highest BCUT2D eigenvalue weighted by Gasteiger charge is 2.38. The predicted molar refractivity (Wildman–Crippen MR) is 136 cm³/mol. The fourth-order valence-corrected chi connectivity index (χ4v) is 4.56. The van der Waals surface area contributed by atoms with Crippen molar-refractivity contribution in [2.45, 2.75) is 45.0 Å². The summed E-state index contributed by atoms with van der Waals surface area (Å²) >= 11 is 0. The van der Waals surface area contributed by atoms with Crippen molar-refractivity contribution in [2.24, 2.45) is 0 Å². The molecule has 7 nitrogen and oxygen atoms in total. The summed E-state index contributed by atoms with van der Waals surface area (Å²) in [5.41, 5.74) is 4.74. The number of likely N-dealkylation sites (tertiary alicyclic amines) is 1. The van der Waals surface area contributed by atoms with Crippen LogP contribution in [0.2, 0.25) is 0 Å². The molecular weight excluding hydrogens is 459 g/mol. The molecule has 4 heterocycles. The van der Waals surface area contributed by atoms with E-state index in [2.05, 4.69) is 15.0 Å². The number of H-pyrrole nitrogens is 1. The Bertz CT molecular complexity index is 1370. The first kappa shape index (κ1) is 23.8. The number of carbonyl (C=O) groups excluding carboxylic acids is 1. The normalized spacial score (nSPS) is 17.9. The highest BCUT2D eigenvalue weighted by atomic mass is 19.1. The molecule has 1 N–H and O–H groups in total. The van der Waals surface area contributed by atoms with E-state index in [1.54, 1.807) is 39.4 Å². The zero-order chi connectivity index (χ0) is 25.3. The van der Waals surface area contributed by atoms with Crippen LogP contribution in [0.1, 0.15) is 27.2 Å². The van der Waals surface area contributed by atoms with Crippen LogP contribution in [0.3, 0.4) is 0 Å². The van der Waals surface area contributed by atoms with Gasteiger partial charge in [-0.15, -0.1) is 0 Å². The molecule has 1 aromatic carbocycles. The fraction of sp³-hybridized carbons (Fsp3) is 0.321. The standard InChI is InChI=1S/C28H29FN4O3/c1-28(2,3)36-27(34)33-16-19(29)14-20(33)17-35-23-15-30-13-11-21(23)25-24(18-8-5-4-6-9-18)26-22(32-25)10-7-12-31-26/h4-13,15,19-20,32H,14,16-17H2,1-3H3/t19-,20-/m0/s1. The van der Waals surface area contributed by atoms with E-state index in [-0.39, 0.29) is 19.6 Å². The number of carbonyl (C=O) groups is 1. The minimum atomic E-state index is -1.12.